The van der Waals surface area contributed by atoms with E-state index in [1.54, 1.807) is 6.20 Å². The Hall–Kier alpha value is -2.11. The maximum absolute atomic E-state index is 12.8. The minimum Gasteiger partial charge on any atom is -0.477 e. The van der Waals surface area contributed by atoms with E-state index in [9.17, 15) is 9.90 Å². The number of benzene rings is 1. The second kappa shape index (κ2) is 8.50. The number of hydrogen-bond acceptors (Lipinski definition) is 4. The number of amides is 1. The average Bonchev–Trinajstić information content (AvgIpc) is 3.53. The molecule has 2 fully saturated rings. The molecule has 0 spiro atoms. The maximum atomic E-state index is 12.8. The van der Waals surface area contributed by atoms with Gasteiger partial charge in [-0.25, -0.2) is 4.98 Å². The molecule has 1 heterocycles. The van der Waals surface area contributed by atoms with E-state index in [0.29, 0.717) is 29.0 Å². The van der Waals surface area contributed by atoms with Crippen molar-refractivity contribution in [2.75, 3.05) is 6.61 Å². The summed E-state index contributed by atoms with van der Waals surface area (Å²) in [6, 6.07) is 9.03. The van der Waals surface area contributed by atoms with Crippen LogP contribution in [-0.2, 0) is 0 Å². The van der Waals surface area contributed by atoms with Crippen molar-refractivity contribution in [1.29, 1.82) is 0 Å². The van der Waals surface area contributed by atoms with E-state index in [4.69, 9.17) is 16.3 Å². The molecule has 2 N–H and O–H groups in total. The van der Waals surface area contributed by atoms with Crippen LogP contribution in [0, 0.1) is 5.92 Å². The minimum absolute atomic E-state index is 0.203. The molecule has 4 rings (SSSR count). The molecular weight excluding hydrogens is 376 g/mol. The Morgan fingerprint density at radius 3 is 2.64 bits per heavy atom. The normalized spacial score (nSPS) is 21.9. The molecule has 28 heavy (non-hydrogen) atoms. The number of rotatable bonds is 6. The van der Waals surface area contributed by atoms with Crippen LogP contribution in [0.4, 0.5) is 0 Å². The van der Waals surface area contributed by atoms with Gasteiger partial charge in [-0.1, -0.05) is 36.6 Å². The number of aliphatic hydroxyl groups is 1. The molecule has 0 saturated heterocycles. The quantitative estimate of drug-likeness (QED) is 0.761. The molecule has 2 atom stereocenters. The van der Waals surface area contributed by atoms with Gasteiger partial charge in [0.1, 0.15) is 0 Å². The highest BCUT2D eigenvalue weighted by Crippen LogP contribution is 2.33. The van der Waals surface area contributed by atoms with Gasteiger partial charge in [0, 0.05) is 16.8 Å². The molecule has 5 nitrogen and oxygen atoms in total. The number of carbonyl (C=O) groups excluding carboxylic acids is 1. The highest BCUT2D eigenvalue weighted by molar-refractivity contribution is 6.30. The van der Waals surface area contributed by atoms with Crippen molar-refractivity contribution in [2.24, 2.45) is 5.92 Å². The topological polar surface area (TPSA) is 71.5 Å². The number of ether oxygens (including phenoxy) is 1. The van der Waals surface area contributed by atoms with E-state index in [1.807, 2.05) is 30.3 Å². The van der Waals surface area contributed by atoms with Gasteiger partial charge < -0.3 is 15.2 Å². The lowest BCUT2D eigenvalue weighted by atomic mass is 9.92. The van der Waals surface area contributed by atoms with Gasteiger partial charge in [-0.05, 0) is 55.4 Å². The largest absolute Gasteiger partial charge is 0.477 e. The van der Waals surface area contributed by atoms with Crippen LogP contribution in [0.3, 0.4) is 0 Å². The Morgan fingerprint density at radius 1 is 1.18 bits per heavy atom. The lowest BCUT2D eigenvalue weighted by molar-refractivity contribution is 0.0717. The number of hydrogen-bond donors (Lipinski definition) is 2. The Bertz CT molecular complexity index is 836. The third-order valence-electron chi connectivity index (χ3n) is 5.47. The number of aromatic nitrogens is 1. The van der Waals surface area contributed by atoms with Crippen molar-refractivity contribution in [2.45, 2.75) is 50.7 Å². The van der Waals surface area contributed by atoms with Gasteiger partial charge in [0.15, 0.2) is 0 Å². The monoisotopic (exact) mass is 400 g/mol. The molecule has 148 valence electrons. The molecule has 1 aromatic carbocycles. The molecular formula is C22H25ClN2O3. The highest BCUT2D eigenvalue weighted by Gasteiger charge is 2.26. The van der Waals surface area contributed by atoms with Crippen LogP contribution in [0.1, 0.15) is 48.9 Å². The fraction of sp³-hybridized carbons (Fsp3) is 0.455. The third kappa shape index (κ3) is 4.65. The Morgan fingerprint density at radius 2 is 1.93 bits per heavy atom. The van der Waals surface area contributed by atoms with Crippen molar-refractivity contribution in [3.05, 3.63) is 47.1 Å². The van der Waals surface area contributed by atoms with Gasteiger partial charge in [-0.15, -0.1) is 0 Å². The number of halogens is 1. The number of nitrogens with zero attached hydrogens (tertiary/aromatic N) is 1. The summed E-state index contributed by atoms with van der Waals surface area (Å²) in [5, 5.41) is 13.7. The van der Waals surface area contributed by atoms with Crippen LogP contribution in [0.5, 0.6) is 5.88 Å². The van der Waals surface area contributed by atoms with E-state index in [0.717, 1.165) is 36.8 Å². The molecule has 2 aromatic rings. The molecule has 0 unspecified atom stereocenters. The minimum atomic E-state index is -0.484. The molecule has 0 radical (unpaired) electrons. The second-order valence-corrected chi connectivity index (χ2v) is 8.21. The van der Waals surface area contributed by atoms with Gasteiger partial charge >= 0.3 is 0 Å². The molecule has 0 aliphatic heterocycles. The predicted molar refractivity (Wildman–Crippen MR) is 109 cm³/mol. The van der Waals surface area contributed by atoms with Crippen molar-refractivity contribution >= 4 is 17.5 Å². The molecule has 2 aliphatic carbocycles. The van der Waals surface area contributed by atoms with Crippen LogP contribution in [-0.4, -0.2) is 34.8 Å². The molecule has 1 aromatic heterocycles. The first-order valence-electron chi connectivity index (χ1n) is 9.98. The Kier molecular flexibility index (Phi) is 5.83. The number of aliphatic hydroxyl groups excluding tert-OH is 1. The number of carbonyl (C=O) groups is 1. The second-order valence-electron chi connectivity index (χ2n) is 7.77. The Balaban J connectivity index is 1.57. The Labute approximate surface area is 170 Å². The zero-order valence-electron chi connectivity index (χ0n) is 15.7. The summed E-state index contributed by atoms with van der Waals surface area (Å²) in [7, 11) is 0. The van der Waals surface area contributed by atoms with E-state index in [2.05, 4.69) is 10.3 Å². The van der Waals surface area contributed by atoms with Gasteiger partial charge in [-0.3, -0.25) is 4.79 Å². The van der Waals surface area contributed by atoms with Gasteiger partial charge in [0.25, 0.3) is 5.91 Å². The van der Waals surface area contributed by atoms with Crippen molar-refractivity contribution in [3.8, 4) is 17.0 Å². The predicted octanol–water partition coefficient (Wildman–Crippen LogP) is 4.22. The van der Waals surface area contributed by atoms with Crippen molar-refractivity contribution in [1.82, 2.24) is 10.3 Å². The summed E-state index contributed by atoms with van der Waals surface area (Å²) in [5.74, 6) is 0.918. The van der Waals surface area contributed by atoms with Crippen LogP contribution in [0.2, 0.25) is 5.02 Å². The fourth-order valence-electron chi connectivity index (χ4n) is 3.54. The zero-order valence-corrected chi connectivity index (χ0v) is 16.5. The highest BCUT2D eigenvalue weighted by atomic mass is 35.5. The zero-order chi connectivity index (χ0) is 19.5. The number of nitrogens with one attached hydrogen (secondary N) is 1. The summed E-state index contributed by atoms with van der Waals surface area (Å²) < 4.78 is 5.93. The SMILES string of the molecule is O=C(N[C@@H]1CCCC[C@@H]1O)c1cnc(OCC2CC2)c(-c2ccc(Cl)cc2)c1. The molecule has 1 amide bonds. The fourth-order valence-corrected chi connectivity index (χ4v) is 3.67. The standard InChI is InChI=1S/C22H25ClN2O3/c23-17-9-7-15(8-10-17)18-11-16(12-24-22(18)28-13-14-5-6-14)21(27)25-19-3-1-2-4-20(19)26/h7-12,14,19-20,26H,1-6,13H2,(H,25,27)/t19-,20+/m1/s1. The summed E-state index contributed by atoms with van der Waals surface area (Å²) in [5.41, 5.74) is 2.13. The summed E-state index contributed by atoms with van der Waals surface area (Å²) in [6.45, 7) is 0.646. The van der Waals surface area contributed by atoms with E-state index in [-0.39, 0.29) is 11.9 Å². The summed E-state index contributed by atoms with van der Waals surface area (Å²) in [4.78, 5) is 17.2. The molecule has 2 saturated carbocycles. The third-order valence-corrected chi connectivity index (χ3v) is 5.72. The molecule has 0 bridgehead atoms. The smallest absolute Gasteiger partial charge is 0.253 e. The molecule has 6 heteroatoms. The lowest BCUT2D eigenvalue weighted by Gasteiger charge is -2.28. The van der Waals surface area contributed by atoms with Crippen molar-refractivity contribution < 1.29 is 14.6 Å². The van der Waals surface area contributed by atoms with Crippen molar-refractivity contribution in [3.63, 3.8) is 0 Å². The van der Waals surface area contributed by atoms with E-state index in [1.165, 1.54) is 12.8 Å². The van der Waals surface area contributed by atoms with E-state index < -0.39 is 6.10 Å². The number of pyridine rings is 1. The van der Waals surface area contributed by atoms with Crippen LogP contribution < -0.4 is 10.1 Å². The first-order chi connectivity index (χ1) is 13.6. The summed E-state index contributed by atoms with van der Waals surface area (Å²) in [6.07, 6.45) is 7.00. The van der Waals surface area contributed by atoms with E-state index >= 15 is 0 Å². The molecule has 2 aliphatic rings. The first-order valence-corrected chi connectivity index (χ1v) is 10.4. The van der Waals surface area contributed by atoms with Crippen LogP contribution in [0.25, 0.3) is 11.1 Å². The summed E-state index contributed by atoms with van der Waals surface area (Å²) >= 11 is 6.02. The van der Waals surface area contributed by atoms with Gasteiger partial charge in [0.2, 0.25) is 5.88 Å². The van der Waals surface area contributed by atoms with Crippen LogP contribution >= 0.6 is 11.6 Å². The van der Waals surface area contributed by atoms with Gasteiger partial charge in [0.05, 0.1) is 24.3 Å². The first kappa shape index (κ1) is 19.2. The van der Waals surface area contributed by atoms with Crippen LogP contribution in [0.15, 0.2) is 36.5 Å². The van der Waals surface area contributed by atoms with Gasteiger partial charge in [-0.2, -0.15) is 0 Å². The average molecular weight is 401 g/mol. The lowest BCUT2D eigenvalue weighted by Crippen LogP contribution is -2.45. The maximum Gasteiger partial charge on any atom is 0.253 e.